The number of carbonyl (C=O) groups excluding carboxylic acids is 2. The summed E-state index contributed by atoms with van der Waals surface area (Å²) in [5.74, 6) is 0.123. The number of para-hydroxylation sites is 1. The monoisotopic (exact) mass is 309 g/mol. The molecule has 0 spiro atoms. The van der Waals surface area contributed by atoms with Crippen molar-refractivity contribution >= 4 is 17.6 Å². The van der Waals surface area contributed by atoms with E-state index in [1.54, 1.807) is 12.0 Å². The normalized spacial score (nSPS) is 20.8. The molecule has 0 bridgehead atoms. The van der Waals surface area contributed by atoms with Crippen LogP contribution in [-0.2, 0) is 14.3 Å². The standard InChI is InChI=1S/C18H15NO4/c1-10(20)23-17-16-13-8-7-11(22-2)9-14(13)12-5-3-4-6-15(12)19(16)18(17)21/h3-9,16-17H,1-2H3/t16-,17-/m0/s1. The van der Waals surface area contributed by atoms with Gasteiger partial charge < -0.3 is 9.47 Å². The molecule has 2 aliphatic heterocycles. The molecule has 0 aromatic heterocycles. The van der Waals surface area contributed by atoms with Crippen molar-refractivity contribution in [3.63, 3.8) is 0 Å². The third kappa shape index (κ3) is 1.86. The van der Waals surface area contributed by atoms with Crippen molar-refractivity contribution in [1.29, 1.82) is 0 Å². The Bertz CT molecular complexity index is 830. The predicted octanol–water partition coefficient (Wildman–Crippen LogP) is 2.70. The number of anilines is 1. The van der Waals surface area contributed by atoms with Crippen molar-refractivity contribution in [3.05, 3.63) is 48.0 Å². The number of β-lactam (4-membered cyclic amide) rings is 1. The van der Waals surface area contributed by atoms with Crippen LogP contribution in [-0.4, -0.2) is 25.1 Å². The van der Waals surface area contributed by atoms with E-state index in [-0.39, 0.29) is 11.9 Å². The number of benzene rings is 2. The van der Waals surface area contributed by atoms with E-state index in [1.807, 2.05) is 42.5 Å². The molecule has 0 N–H and O–H groups in total. The zero-order valence-electron chi connectivity index (χ0n) is 12.8. The van der Waals surface area contributed by atoms with Gasteiger partial charge in [0.1, 0.15) is 11.8 Å². The minimum absolute atomic E-state index is 0.181. The van der Waals surface area contributed by atoms with Crippen LogP contribution in [0.15, 0.2) is 42.5 Å². The van der Waals surface area contributed by atoms with Crippen molar-refractivity contribution in [2.45, 2.75) is 19.1 Å². The number of hydrogen-bond donors (Lipinski definition) is 0. The Morgan fingerprint density at radius 2 is 1.91 bits per heavy atom. The van der Waals surface area contributed by atoms with Gasteiger partial charge in [0.15, 0.2) is 0 Å². The number of rotatable bonds is 2. The van der Waals surface area contributed by atoms with E-state index in [4.69, 9.17) is 9.47 Å². The molecule has 1 saturated heterocycles. The Morgan fingerprint density at radius 3 is 2.65 bits per heavy atom. The quantitative estimate of drug-likeness (QED) is 0.632. The van der Waals surface area contributed by atoms with Crippen molar-refractivity contribution in [2.75, 3.05) is 12.0 Å². The van der Waals surface area contributed by atoms with Gasteiger partial charge in [-0.3, -0.25) is 14.5 Å². The first-order chi connectivity index (χ1) is 11.1. The average Bonchev–Trinajstić information content (AvgIpc) is 2.57. The van der Waals surface area contributed by atoms with Crippen LogP contribution in [0.25, 0.3) is 11.1 Å². The highest BCUT2D eigenvalue weighted by molar-refractivity contribution is 6.11. The van der Waals surface area contributed by atoms with Crippen molar-refractivity contribution in [1.82, 2.24) is 0 Å². The van der Waals surface area contributed by atoms with E-state index in [2.05, 4.69) is 0 Å². The molecule has 5 heteroatoms. The molecule has 2 atom stereocenters. The Morgan fingerprint density at radius 1 is 1.13 bits per heavy atom. The second kappa shape index (κ2) is 4.84. The Kier molecular flexibility index (Phi) is 2.91. The fourth-order valence-corrected chi connectivity index (χ4v) is 3.39. The maximum absolute atomic E-state index is 12.5. The van der Waals surface area contributed by atoms with E-state index in [0.29, 0.717) is 0 Å². The summed E-state index contributed by atoms with van der Waals surface area (Å²) in [5, 5.41) is 0. The largest absolute Gasteiger partial charge is 0.497 e. The third-order valence-electron chi connectivity index (χ3n) is 4.37. The fraction of sp³-hybridized carbons (Fsp3) is 0.222. The molecule has 116 valence electrons. The van der Waals surface area contributed by atoms with Crippen LogP contribution in [0, 0.1) is 0 Å². The van der Waals surface area contributed by atoms with Gasteiger partial charge in [-0.05, 0) is 29.3 Å². The highest BCUT2D eigenvalue weighted by Crippen LogP contribution is 2.52. The van der Waals surface area contributed by atoms with Gasteiger partial charge >= 0.3 is 5.97 Å². The number of ether oxygens (including phenoxy) is 2. The van der Waals surface area contributed by atoms with E-state index in [1.165, 1.54) is 6.92 Å². The van der Waals surface area contributed by atoms with Crippen molar-refractivity contribution in [2.24, 2.45) is 0 Å². The lowest BCUT2D eigenvalue weighted by Gasteiger charge is -2.49. The summed E-state index contributed by atoms with van der Waals surface area (Å²) in [6.45, 7) is 1.32. The minimum atomic E-state index is -0.756. The maximum Gasteiger partial charge on any atom is 0.303 e. The van der Waals surface area contributed by atoms with Crippen LogP contribution in [0.3, 0.4) is 0 Å². The molecule has 2 aromatic rings. The lowest BCUT2D eigenvalue weighted by Crippen LogP contribution is -2.61. The van der Waals surface area contributed by atoms with Crippen LogP contribution in [0.5, 0.6) is 5.75 Å². The van der Waals surface area contributed by atoms with E-state index < -0.39 is 12.1 Å². The second-order valence-electron chi connectivity index (χ2n) is 5.65. The Labute approximate surface area is 133 Å². The van der Waals surface area contributed by atoms with Gasteiger partial charge in [-0.15, -0.1) is 0 Å². The lowest BCUT2D eigenvalue weighted by atomic mass is 9.80. The summed E-state index contributed by atoms with van der Waals surface area (Å²) < 4.78 is 10.6. The molecule has 1 amide bonds. The maximum atomic E-state index is 12.5. The van der Waals surface area contributed by atoms with Gasteiger partial charge in [-0.1, -0.05) is 24.3 Å². The first-order valence-corrected chi connectivity index (χ1v) is 7.39. The third-order valence-corrected chi connectivity index (χ3v) is 4.37. The summed E-state index contributed by atoms with van der Waals surface area (Å²) >= 11 is 0. The summed E-state index contributed by atoms with van der Waals surface area (Å²) in [7, 11) is 1.62. The van der Waals surface area contributed by atoms with Crippen LogP contribution in [0.4, 0.5) is 5.69 Å². The molecule has 0 saturated carbocycles. The zero-order valence-corrected chi connectivity index (χ0v) is 12.8. The molecule has 0 unspecified atom stereocenters. The number of esters is 1. The first-order valence-electron chi connectivity index (χ1n) is 7.39. The van der Waals surface area contributed by atoms with Crippen LogP contribution < -0.4 is 9.64 Å². The SMILES string of the molecule is COc1ccc2c(c1)-c1ccccc1N1C(=O)[C@@H](OC(C)=O)[C@H]21. The molecule has 2 aromatic carbocycles. The van der Waals surface area contributed by atoms with Gasteiger partial charge in [0.2, 0.25) is 6.10 Å². The summed E-state index contributed by atoms with van der Waals surface area (Å²) in [5.41, 5.74) is 3.79. The number of amides is 1. The second-order valence-corrected chi connectivity index (χ2v) is 5.65. The molecule has 0 aliphatic carbocycles. The van der Waals surface area contributed by atoms with E-state index in [0.717, 1.165) is 28.1 Å². The molecule has 4 rings (SSSR count). The van der Waals surface area contributed by atoms with Crippen molar-refractivity contribution < 1.29 is 19.1 Å². The van der Waals surface area contributed by atoms with Crippen molar-refractivity contribution in [3.8, 4) is 16.9 Å². The fourth-order valence-electron chi connectivity index (χ4n) is 3.39. The first kappa shape index (κ1) is 13.8. The molecule has 23 heavy (non-hydrogen) atoms. The summed E-state index contributed by atoms with van der Waals surface area (Å²) in [6, 6.07) is 13.2. The molecule has 2 aliphatic rings. The molecule has 1 fully saturated rings. The summed E-state index contributed by atoms with van der Waals surface area (Å²) in [6.07, 6.45) is -0.756. The van der Waals surface area contributed by atoms with Crippen LogP contribution in [0.2, 0.25) is 0 Å². The van der Waals surface area contributed by atoms with Crippen LogP contribution >= 0.6 is 0 Å². The lowest BCUT2D eigenvalue weighted by molar-refractivity contribution is -0.160. The molecule has 2 heterocycles. The zero-order chi connectivity index (χ0) is 16.1. The smallest absolute Gasteiger partial charge is 0.303 e. The number of nitrogens with zero attached hydrogens (tertiary/aromatic N) is 1. The Balaban J connectivity index is 1.89. The highest BCUT2D eigenvalue weighted by Gasteiger charge is 2.54. The summed E-state index contributed by atoms with van der Waals surface area (Å²) in [4.78, 5) is 25.5. The van der Waals surface area contributed by atoms with E-state index in [9.17, 15) is 9.59 Å². The number of carbonyl (C=O) groups is 2. The Hall–Kier alpha value is -2.82. The van der Waals surface area contributed by atoms with Gasteiger partial charge in [-0.2, -0.15) is 0 Å². The number of fused-ring (bicyclic) bond motifs is 6. The van der Waals surface area contributed by atoms with Crippen LogP contribution in [0.1, 0.15) is 18.5 Å². The molecule has 0 radical (unpaired) electrons. The topological polar surface area (TPSA) is 55.8 Å². The van der Waals surface area contributed by atoms with Gasteiger partial charge in [0.05, 0.1) is 12.8 Å². The van der Waals surface area contributed by atoms with E-state index >= 15 is 0 Å². The molecule has 5 nitrogen and oxygen atoms in total. The highest BCUT2D eigenvalue weighted by atomic mass is 16.6. The number of methoxy groups -OCH3 is 1. The van der Waals surface area contributed by atoms with Gasteiger partial charge in [-0.25, -0.2) is 0 Å². The van der Waals surface area contributed by atoms with Gasteiger partial charge in [0, 0.05) is 12.5 Å². The average molecular weight is 309 g/mol. The van der Waals surface area contributed by atoms with Gasteiger partial charge in [0.25, 0.3) is 5.91 Å². The molecular weight excluding hydrogens is 294 g/mol. The molecular formula is C18H15NO4. The number of hydrogen-bond acceptors (Lipinski definition) is 4. The predicted molar refractivity (Wildman–Crippen MR) is 84.2 cm³/mol. The minimum Gasteiger partial charge on any atom is -0.497 e.